The molecule has 1 aromatic heterocycles. The monoisotopic (exact) mass is 329 g/mol. The standard InChI is InChI=1S/C21H15NOS/c1-16(23)24-20-12-10-17(11-13-20)8-9-18-5-4-6-19(15-18)21-7-2-3-14-22-21/h2-7,10-15H,1H3. The SMILES string of the molecule is CC(=O)Sc1ccc(C#Cc2cccc(-c3ccccn3)c2)cc1. The molecule has 0 radical (unpaired) electrons. The van der Waals surface area contributed by atoms with Gasteiger partial charge in [0.15, 0.2) is 5.12 Å². The number of pyridine rings is 1. The second kappa shape index (κ2) is 7.63. The topological polar surface area (TPSA) is 30.0 Å². The molecule has 0 atom stereocenters. The van der Waals surface area contributed by atoms with Crippen molar-refractivity contribution in [2.75, 3.05) is 0 Å². The van der Waals surface area contributed by atoms with Crippen molar-refractivity contribution < 1.29 is 4.79 Å². The van der Waals surface area contributed by atoms with Crippen molar-refractivity contribution in [3.8, 4) is 23.1 Å². The van der Waals surface area contributed by atoms with Crippen LogP contribution in [0.3, 0.4) is 0 Å². The molecule has 0 aliphatic rings. The van der Waals surface area contributed by atoms with Gasteiger partial charge in [0.25, 0.3) is 0 Å². The molecule has 0 amide bonds. The van der Waals surface area contributed by atoms with E-state index in [1.165, 1.54) is 11.8 Å². The summed E-state index contributed by atoms with van der Waals surface area (Å²) in [5.74, 6) is 6.34. The molecule has 0 spiro atoms. The first-order chi connectivity index (χ1) is 11.7. The number of rotatable bonds is 2. The van der Waals surface area contributed by atoms with E-state index in [0.29, 0.717) is 0 Å². The molecule has 0 N–H and O–H groups in total. The minimum atomic E-state index is 0.0835. The number of hydrogen-bond donors (Lipinski definition) is 0. The summed E-state index contributed by atoms with van der Waals surface area (Å²) in [6, 6.07) is 21.6. The van der Waals surface area contributed by atoms with Crippen LogP contribution in [0.5, 0.6) is 0 Å². The van der Waals surface area contributed by atoms with Crippen LogP contribution in [0.25, 0.3) is 11.3 Å². The number of thioether (sulfide) groups is 1. The molecule has 0 saturated heterocycles. The second-order valence-corrected chi connectivity index (χ2v) is 6.41. The Kier molecular flexibility index (Phi) is 5.10. The largest absolute Gasteiger partial charge is 0.287 e. The Balaban J connectivity index is 1.80. The Hall–Kier alpha value is -2.83. The molecule has 2 nitrogen and oxygen atoms in total. The number of aromatic nitrogens is 1. The van der Waals surface area contributed by atoms with Gasteiger partial charge in [-0.1, -0.05) is 41.8 Å². The van der Waals surface area contributed by atoms with E-state index < -0.39 is 0 Å². The van der Waals surface area contributed by atoms with E-state index in [1.807, 2.05) is 66.7 Å². The van der Waals surface area contributed by atoms with Gasteiger partial charge in [0.2, 0.25) is 0 Å². The minimum Gasteiger partial charge on any atom is -0.287 e. The summed E-state index contributed by atoms with van der Waals surface area (Å²) in [5.41, 5.74) is 3.86. The van der Waals surface area contributed by atoms with Gasteiger partial charge in [-0.2, -0.15) is 0 Å². The molecule has 116 valence electrons. The summed E-state index contributed by atoms with van der Waals surface area (Å²) in [7, 11) is 0. The van der Waals surface area contributed by atoms with Crippen molar-refractivity contribution in [2.24, 2.45) is 0 Å². The quantitative estimate of drug-likeness (QED) is 0.500. The smallest absolute Gasteiger partial charge is 0.190 e. The van der Waals surface area contributed by atoms with Crippen LogP contribution in [-0.4, -0.2) is 10.1 Å². The Morgan fingerprint density at radius 2 is 1.71 bits per heavy atom. The van der Waals surface area contributed by atoms with Gasteiger partial charge in [-0.3, -0.25) is 9.78 Å². The minimum absolute atomic E-state index is 0.0835. The fourth-order valence-electron chi connectivity index (χ4n) is 2.21. The maximum absolute atomic E-state index is 11.1. The predicted octanol–water partition coefficient (Wildman–Crippen LogP) is 4.79. The third kappa shape index (κ3) is 4.34. The van der Waals surface area contributed by atoms with Crippen LogP contribution in [-0.2, 0) is 4.79 Å². The highest BCUT2D eigenvalue weighted by Crippen LogP contribution is 2.19. The van der Waals surface area contributed by atoms with Crippen LogP contribution in [0.4, 0.5) is 0 Å². The lowest BCUT2D eigenvalue weighted by Crippen LogP contribution is -1.84. The van der Waals surface area contributed by atoms with Crippen molar-refractivity contribution in [2.45, 2.75) is 11.8 Å². The van der Waals surface area contributed by atoms with E-state index in [1.54, 1.807) is 13.1 Å². The lowest BCUT2D eigenvalue weighted by atomic mass is 10.1. The number of carbonyl (C=O) groups excluding carboxylic acids is 1. The molecule has 3 heteroatoms. The molecule has 0 unspecified atom stereocenters. The van der Waals surface area contributed by atoms with Crippen LogP contribution in [0.15, 0.2) is 77.8 Å². The Morgan fingerprint density at radius 3 is 2.42 bits per heavy atom. The number of benzene rings is 2. The third-order valence-corrected chi connectivity index (χ3v) is 4.09. The molecule has 0 bridgehead atoms. The fourth-order valence-corrected chi connectivity index (χ4v) is 2.81. The Bertz CT molecular complexity index is 906. The molecule has 0 saturated carbocycles. The molecule has 1 heterocycles. The van der Waals surface area contributed by atoms with E-state index in [0.717, 1.165) is 27.3 Å². The summed E-state index contributed by atoms with van der Waals surface area (Å²) in [6.07, 6.45) is 1.79. The van der Waals surface area contributed by atoms with E-state index in [2.05, 4.69) is 16.8 Å². The van der Waals surface area contributed by atoms with Crippen molar-refractivity contribution in [1.82, 2.24) is 4.98 Å². The Labute approximate surface area is 146 Å². The summed E-state index contributed by atoms with van der Waals surface area (Å²) >= 11 is 1.23. The average molecular weight is 329 g/mol. The van der Waals surface area contributed by atoms with Gasteiger partial charge < -0.3 is 0 Å². The highest BCUT2D eigenvalue weighted by atomic mass is 32.2. The van der Waals surface area contributed by atoms with Crippen LogP contribution in [0.1, 0.15) is 18.1 Å². The van der Waals surface area contributed by atoms with Crippen LogP contribution in [0.2, 0.25) is 0 Å². The number of hydrogen-bond acceptors (Lipinski definition) is 3. The van der Waals surface area contributed by atoms with Gasteiger partial charge in [0.1, 0.15) is 0 Å². The first-order valence-corrected chi connectivity index (χ1v) is 8.34. The molecule has 0 aliphatic carbocycles. The normalized spacial score (nSPS) is 9.88. The third-order valence-electron chi connectivity index (χ3n) is 3.29. The van der Waals surface area contributed by atoms with Crippen molar-refractivity contribution in [3.05, 3.63) is 84.1 Å². The molecule has 0 aliphatic heterocycles. The average Bonchev–Trinajstić information content (AvgIpc) is 2.62. The highest BCUT2D eigenvalue weighted by Gasteiger charge is 1.99. The van der Waals surface area contributed by atoms with E-state index in [-0.39, 0.29) is 5.12 Å². The van der Waals surface area contributed by atoms with Gasteiger partial charge in [0.05, 0.1) is 5.69 Å². The number of nitrogens with zero attached hydrogens (tertiary/aromatic N) is 1. The highest BCUT2D eigenvalue weighted by molar-refractivity contribution is 8.13. The fraction of sp³-hybridized carbons (Fsp3) is 0.0476. The van der Waals surface area contributed by atoms with Gasteiger partial charge in [-0.15, -0.1) is 0 Å². The summed E-state index contributed by atoms with van der Waals surface area (Å²) < 4.78 is 0. The van der Waals surface area contributed by atoms with E-state index in [9.17, 15) is 4.79 Å². The molecule has 3 aromatic rings. The molecule has 2 aromatic carbocycles. The zero-order valence-electron chi connectivity index (χ0n) is 13.2. The lowest BCUT2D eigenvalue weighted by Gasteiger charge is -2.00. The number of carbonyl (C=O) groups is 1. The van der Waals surface area contributed by atoms with Crippen LogP contribution >= 0.6 is 11.8 Å². The summed E-state index contributed by atoms with van der Waals surface area (Å²) in [4.78, 5) is 16.4. The lowest BCUT2D eigenvalue weighted by molar-refractivity contribution is -0.109. The molecule has 0 fully saturated rings. The van der Waals surface area contributed by atoms with Gasteiger partial charge in [-0.25, -0.2) is 0 Å². The van der Waals surface area contributed by atoms with E-state index >= 15 is 0 Å². The van der Waals surface area contributed by atoms with Gasteiger partial charge >= 0.3 is 0 Å². The first-order valence-electron chi connectivity index (χ1n) is 7.53. The predicted molar refractivity (Wildman–Crippen MR) is 98.6 cm³/mol. The zero-order chi connectivity index (χ0) is 16.8. The van der Waals surface area contributed by atoms with Crippen LogP contribution in [0, 0.1) is 11.8 Å². The zero-order valence-corrected chi connectivity index (χ0v) is 14.0. The molecular formula is C21H15NOS. The van der Waals surface area contributed by atoms with Crippen molar-refractivity contribution in [1.29, 1.82) is 0 Å². The van der Waals surface area contributed by atoms with Crippen LogP contribution < -0.4 is 0 Å². The second-order valence-electron chi connectivity index (χ2n) is 5.16. The van der Waals surface area contributed by atoms with Crippen molar-refractivity contribution >= 4 is 16.9 Å². The molecule has 3 rings (SSSR count). The maximum atomic E-state index is 11.1. The summed E-state index contributed by atoms with van der Waals surface area (Å²) in [6.45, 7) is 1.56. The van der Waals surface area contributed by atoms with Crippen molar-refractivity contribution in [3.63, 3.8) is 0 Å². The molecular weight excluding hydrogens is 314 g/mol. The van der Waals surface area contributed by atoms with Gasteiger partial charge in [-0.05, 0) is 48.5 Å². The summed E-state index contributed by atoms with van der Waals surface area (Å²) in [5, 5.41) is 0.0835. The van der Waals surface area contributed by atoms with E-state index in [4.69, 9.17) is 0 Å². The van der Waals surface area contributed by atoms with Gasteiger partial charge in [0, 0.05) is 34.7 Å². The Morgan fingerprint density at radius 1 is 0.917 bits per heavy atom. The first kappa shape index (κ1) is 16.0. The maximum Gasteiger partial charge on any atom is 0.190 e. The molecule has 24 heavy (non-hydrogen) atoms.